The van der Waals surface area contributed by atoms with Crippen LogP contribution in [0.2, 0.25) is 0 Å². The van der Waals surface area contributed by atoms with Crippen LogP contribution in [0.4, 0.5) is 10.5 Å². The van der Waals surface area contributed by atoms with E-state index in [-0.39, 0.29) is 32.0 Å². The Morgan fingerprint density at radius 3 is 2.16 bits per heavy atom. The first-order valence-electron chi connectivity index (χ1n) is 16.0. The molecule has 252 valence electrons. The summed E-state index contributed by atoms with van der Waals surface area (Å²) in [5.74, 6) is -0.140. The average molecular weight is 661 g/mol. The maximum atomic E-state index is 14.2. The van der Waals surface area contributed by atoms with Crippen molar-refractivity contribution in [1.29, 1.82) is 0 Å². The van der Waals surface area contributed by atoms with Gasteiger partial charge < -0.3 is 35.7 Å². The number of amides is 3. The van der Waals surface area contributed by atoms with Crippen LogP contribution in [0, 0.1) is 0 Å². The van der Waals surface area contributed by atoms with E-state index in [0.717, 1.165) is 22.3 Å². The predicted molar refractivity (Wildman–Crippen MR) is 186 cm³/mol. The number of anilines is 1. The number of nitrogens with one attached hydrogen (secondary N) is 3. The van der Waals surface area contributed by atoms with E-state index in [1.54, 1.807) is 6.20 Å². The number of nitrogens with zero attached hydrogens (tertiary/aromatic N) is 2. The molecular formula is C38H40N6O5. The molecule has 11 nitrogen and oxygen atoms in total. The molecule has 0 spiro atoms. The summed E-state index contributed by atoms with van der Waals surface area (Å²) in [4.78, 5) is 48.8. The molecule has 5 aromatic rings. The molecule has 1 unspecified atom stereocenters. The summed E-state index contributed by atoms with van der Waals surface area (Å²) < 4.78 is 11.4. The van der Waals surface area contributed by atoms with Crippen molar-refractivity contribution in [2.24, 2.45) is 0 Å². The van der Waals surface area contributed by atoms with E-state index >= 15 is 0 Å². The number of imidazole rings is 1. The summed E-state index contributed by atoms with van der Waals surface area (Å²) in [6, 6.07) is 32.9. The van der Waals surface area contributed by atoms with Crippen molar-refractivity contribution >= 4 is 23.6 Å². The van der Waals surface area contributed by atoms with Crippen molar-refractivity contribution in [1.82, 2.24) is 25.5 Å². The highest BCUT2D eigenvalue weighted by atomic mass is 16.5. The van der Waals surface area contributed by atoms with Gasteiger partial charge in [-0.25, -0.2) is 9.78 Å². The molecule has 1 heterocycles. The zero-order valence-electron chi connectivity index (χ0n) is 27.1. The van der Waals surface area contributed by atoms with Crippen LogP contribution < -0.4 is 21.1 Å². The molecule has 1 aromatic heterocycles. The number of aromatic amines is 1. The number of hydrogen-bond acceptors (Lipinski definition) is 7. The van der Waals surface area contributed by atoms with Gasteiger partial charge in [0.25, 0.3) is 0 Å². The van der Waals surface area contributed by atoms with Crippen LogP contribution in [0.25, 0.3) is 0 Å². The fourth-order valence-electron chi connectivity index (χ4n) is 5.14. The molecular weight excluding hydrogens is 620 g/mol. The number of aromatic nitrogens is 2. The summed E-state index contributed by atoms with van der Waals surface area (Å²) in [5.41, 5.74) is 10.9. The number of carbonyl (C=O) groups excluding carboxylic acids is 3. The van der Waals surface area contributed by atoms with Gasteiger partial charge in [0.2, 0.25) is 11.8 Å². The largest absolute Gasteiger partial charge is 0.489 e. The number of hydrogen-bond donors (Lipinski definition) is 4. The minimum atomic E-state index is -1.05. The Balaban J connectivity index is 1.28. The number of carbonyl (C=O) groups is 3. The Morgan fingerprint density at radius 2 is 1.49 bits per heavy atom. The van der Waals surface area contributed by atoms with Crippen molar-refractivity contribution in [3.05, 3.63) is 150 Å². The van der Waals surface area contributed by atoms with Crippen LogP contribution in [0.5, 0.6) is 5.75 Å². The van der Waals surface area contributed by atoms with E-state index in [9.17, 15) is 14.4 Å². The molecule has 0 aliphatic rings. The molecule has 0 aliphatic carbocycles. The SMILES string of the molecule is Nc1ccccc1CCNC(=O)CN(Cc1ccc(OCc2ccccc2)cc1)C(=O)C(Cc1cnc[nH]1)NC(=O)OCc1ccccc1. The quantitative estimate of drug-likeness (QED) is 0.111. The Hall–Kier alpha value is -6.10. The van der Waals surface area contributed by atoms with Crippen molar-refractivity contribution in [2.75, 3.05) is 18.8 Å². The maximum Gasteiger partial charge on any atom is 0.408 e. The Morgan fingerprint density at radius 1 is 0.816 bits per heavy atom. The minimum Gasteiger partial charge on any atom is -0.489 e. The van der Waals surface area contributed by atoms with Gasteiger partial charge in [-0.1, -0.05) is 91.0 Å². The zero-order chi connectivity index (χ0) is 34.3. The van der Waals surface area contributed by atoms with Gasteiger partial charge >= 0.3 is 6.09 Å². The number of rotatable bonds is 16. The first kappa shape index (κ1) is 34.2. The van der Waals surface area contributed by atoms with Gasteiger partial charge in [0.1, 0.15) is 25.0 Å². The number of alkyl carbamates (subject to hydrolysis) is 1. The molecule has 0 bridgehead atoms. The lowest BCUT2D eigenvalue weighted by Crippen LogP contribution is -2.52. The Bertz CT molecular complexity index is 1770. The lowest BCUT2D eigenvalue weighted by atomic mass is 10.1. The van der Waals surface area contributed by atoms with Crippen molar-refractivity contribution < 1.29 is 23.9 Å². The van der Waals surface area contributed by atoms with Crippen LogP contribution in [0.3, 0.4) is 0 Å². The molecule has 0 saturated carbocycles. The summed E-state index contributed by atoms with van der Waals surface area (Å²) in [7, 11) is 0. The molecule has 0 saturated heterocycles. The van der Waals surface area contributed by atoms with Crippen LogP contribution in [0.15, 0.2) is 122 Å². The first-order valence-corrected chi connectivity index (χ1v) is 16.0. The normalized spacial score (nSPS) is 11.3. The number of ether oxygens (including phenoxy) is 2. The highest BCUT2D eigenvalue weighted by molar-refractivity contribution is 5.89. The Kier molecular flexibility index (Phi) is 12.4. The summed E-state index contributed by atoms with van der Waals surface area (Å²) in [6.07, 6.45) is 2.96. The fraction of sp³-hybridized carbons (Fsp3) is 0.211. The van der Waals surface area contributed by atoms with E-state index in [1.165, 1.54) is 11.2 Å². The standard InChI is InChI=1S/C38H40N6O5/c39-34-14-8-7-13-31(34)19-20-41-36(45)24-44(23-28-15-17-33(18-16-28)48-25-29-9-3-1-4-10-29)37(46)35(21-32-22-40-27-42-32)43-38(47)49-26-30-11-5-2-6-12-30/h1-18,22,27,35H,19-21,23-26,39H2,(H,40,42)(H,41,45)(H,43,47). The van der Waals surface area contributed by atoms with Crippen molar-refractivity contribution in [2.45, 2.75) is 38.6 Å². The number of nitrogens with two attached hydrogens (primary N) is 1. The summed E-state index contributed by atoms with van der Waals surface area (Å²) in [6.45, 7) is 0.659. The number of H-pyrrole nitrogens is 1. The summed E-state index contributed by atoms with van der Waals surface area (Å²) in [5, 5.41) is 5.61. The average Bonchev–Trinajstić information content (AvgIpc) is 3.64. The first-order chi connectivity index (χ1) is 23.9. The van der Waals surface area contributed by atoms with E-state index < -0.39 is 18.0 Å². The minimum absolute atomic E-state index is 0.0361. The van der Waals surface area contributed by atoms with E-state index in [2.05, 4.69) is 20.6 Å². The second kappa shape index (κ2) is 17.7. The van der Waals surface area contributed by atoms with Gasteiger partial charge in [-0.15, -0.1) is 0 Å². The van der Waals surface area contributed by atoms with Crippen LogP contribution in [-0.2, 0) is 46.9 Å². The van der Waals surface area contributed by atoms with Gasteiger partial charge in [-0.05, 0) is 46.9 Å². The maximum absolute atomic E-state index is 14.2. The third-order valence-corrected chi connectivity index (χ3v) is 7.74. The molecule has 5 rings (SSSR count). The summed E-state index contributed by atoms with van der Waals surface area (Å²) >= 11 is 0. The van der Waals surface area contributed by atoms with Gasteiger partial charge in [0.15, 0.2) is 0 Å². The molecule has 5 N–H and O–H groups in total. The van der Waals surface area contributed by atoms with E-state index in [0.29, 0.717) is 36.7 Å². The Labute approximate surface area is 285 Å². The van der Waals surface area contributed by atoms with Crippen LogP contribution in [0.1, 0.15) is 27.9 Å². The van der Waals surface area contributed by atoms with Gasteiger partial charge in [0.05, 0.1) is 12.9 Å². The van der Waals surface area contributed by atoms with E-state index in [4.69, 9.17) is 15.2 Å². The molecule has 1 atom stereocenters. The molecule has 0 aliphatic heterocycles. The van der Waals surface area contributed by atoms with Crippen LogP contribution >= 0.6 is 0 Å². The number of nitrogen functional groups attached to an aromatic ring is 1. The molecule has 4 aromatic carbocycles. The van der Waals surface area contributed by atoms with Crippen molar-refractivity contribution in [3.8, 4) is 5.75 Å². The third-order valence-electron chi connectivity index (χ3n) is 7.74. The highest BCUT2D eigenvalue weighted by Gasteiger charge is 2.29. The smallest absolute Gasteiger partial charge is 0.408 e. The molecule has 0 radical (unpaired) electrons. The number of para-hydroxylation sites is 1. The molecule has 49 heavy (non-hydrogen) atoms. The number of benzene rings is 4. The second-order valence-electron chi connectivity index (χ2n) is 11.5. The van der Waals surface area contributed by atoms with Gasteiger partial charge in [0, 0.05) is 37.1 Å². The molecule has 0 fully saturated rings. The second-order valence-corrected chi connectivity index (χ2v) is 11.5. The lowest BCUT2D eigenvalue weighted by molar-refractivity contribution is -0.138. The fourth-order valence-corrected chi connectivity index (χ4v) is 5.14. The third kappa shape index (κ3) is 11.0. The highest BCUT2D eigenvalue weighted by Crippen LogP contribution is 2.17. The van der Waals surface area contributed by atoms with Crippen molar-refractivity contribution in [3.63, 3.8) is 0 Å². The zero-order valence-corrected chi connectivity index (χ0v) is 27.1. The lowest BCUT2D eigenvalue weighted by Gasteiger charge is -2.27. The van der Waals surface area contributed by atoms with E-state index in [1.807, 2.05) is 109 Å². The molecule has 11 heteroatoms. The monoisotopic (exact) mass is 660 g/mol. The van der Waals surface area contributed by atoms with Gasteiger partial charge in [-0.3, -0.25) is 9.59 Å². The van der Waals surface area contributed by atoms with Crippen LogP contribution in [-0.4, -0.2) is 51.9 Å². The molecule has 3 amide bonds. The predicted octanol–water partition coefficient (Wildman–Crippen LogP) is 4.80. The van der Waals surface area contributed by atoms with Gasteiger partial charge in [-0.2, -0.15) is 0 Å². The topological polar surface area (TPSA) is 152 Å².